The summed E-state index contributed by atoms with van der Waals surface area (Å²) in [7, 11) is 1.52. The molecular formula is C22H17ClF4N4O2. The van der Waals surface area contributed by atoms with Crippen molar-refractivity contribution in [2.24, 2.45) is 4.99 Å². The molecule has 2 aromatic carbocycles. The SMILES string of the molecule is CCOC(=O)C1C=C2N=C(c3cc(F)c(F)c(F)c3)C=C(N(C)c3c(F)cccc3Cl)N2N1. The number of halogens is 5. The van der Waals surface area contributed by atoms with Crippen LogP contribution in [0.5, 0.6) is 0 Å². The summed E-state index contributed by atoms with van der Waals surface area (Å²) in [4.78, 5) is 18.0. The number of carbonyl (C=O) groups is 1. The molecule has 0 bridgehead atoms. The fourth-order valence-corrected chi connectivity index (χ4v) is 3.74. The van der Waals surface area contributed by atoms with Gasteiger partial charge in [0.2, 0.25) is 0 Å². The first-order valence-electron chi connectivity index (χ1n) is 9.79. The predicted octanol–water partition coefficient (Wildman–Crippen LogP) is 4.27. The highest BCUT2D eigenvalue weighted by Crippen LogP contribution is 2.35. The molecule has 11 heteroatoms. The van der Waals surface area contributed by atoms with Crippen LogP contribution in [0.3, 0.4) is 0 Å². The monoisotopic (exact) mass is 480 g/mol. The van der Waals surface area contributed by atoms with Crippen LogP contribution >= 0.6 is 11.6 Å². The van der Waals surface area contributed by atoms with Crippen LogP contribution in [-0.4, -0.2) is 36.4 Å². The molecule has 2 aliphatic heterocycles. The van der Waals surface area contributed by atoms with Crippen LogP contribution in [0, 0.1) is 23.3 Å². The highest BCUT2D eigenvalue weighted by atomic mass is 35.5. The van der Waals surface area contributed by atoms with E-state index < -0.39 is 35.3 Å². The summed E-state index contributed by atoms with van der Waals surface area (Å²) in [6.07, 6.45) is 2.84. The van der Waals surface area contributed by atoms with E-state index in [1.807, 2.05) is 0 Å². The Kier molecular flexibility index (Phi) is 6.13. The molecule has 0 saturated carbocycles. The molecule has 1 N–H and O–H groups in total. The molecule has 4 rings (SSSR count). The van der Waals surface area contributed by atoms with Crippen LogP contribution in [0.4, 0.5) is 23.2 Å². The van der Waals surface area contributed by atoms with E-state index in [4.69, 9.17) is 16.3 Å². The van der Waals surface area contributed by atoms with Crippen molar-refractivity contribution in [1.29, 1.82) is 0 Å². The van der Waals surface area contributed by atoms with Crippen LogP contribution in [0.15, 0.2) is 59.1 Å². The van der Waals surface area contributed by atoms with E-state index in [0.29, 0.717) is 0 Å². The molecule has 0 aromatic heterocycles. The first-order valence-corrected chi connectivity index (χ1v) is 10.2. The quantitative estimate of drug-likeness (QED) is 0.393. The summed E-state index contributed by atoms with van der Waals surface area (Å²) in [5.74, 6) is -5.18. The van der Waals surface area contributed by atoms with Gasteiger partial charge < -0.3 is 9.64 Å². The van der Waals surface area contributed by atoms with E-state index >= 15 is 0 Å². The number of anilines is 1. The Morgan fingerprint density at radius 2 is 1.91 bits per heavy atom. The lowest BCUT2D eigenvalue weighted by Crippen LogP contribution is -2.46. The largest absolute Gasteiger partial charge is 0.465 e. The molecule has 1 unspecified atom stereocenters. The van der Waals surface area contributed by atoms with Gasteiger partial charge in [0.05, 0.1) is 23.0 Å². The van der Waals surface area contributed by atoms with Crippen molar-refractivity contribution in [3.05, 3.63) is 88.0 Å². The molecule has 6 nitrogen and oxygen atoms in total. The number of hydrazine groups is 1. The van der Waals surface area contributed by atoms with E-state index in [-0.39, 0.29) is 40.2 Å². The van der Waals surface area contributed by atoms with Crippen molar-refractivity contribution < 1.29 is 27.1 Å². The third-order valence-corrected chi connectivity index (χ3v) is 5.28. The number of allylic oxidation sites excluding steroid dienone is 1. The van der Waals surface area contributed by atoms with E-state index in [1.54, 1.807) is 6.92 Å². The molecule has 0 radical (unpaired) electrons. The van der Waals surface area contributed by atoms with Gasteiger partial charge in [-0.15, -0.1) is 0 Å². The third-order valence-electron chi connectivity index (χ3n) is 4.98. The maximum Gasteiger partial charge on any atom is 0.329 e. The number of esters is 1. The highest BCUT2D eigenvalue weighted by Gasteiger charge is 2.36. The summed E-state index contributed by atoms with van der Waals surface area (Å²) in [6, 6.07) is 4.83. The van der Waals surface area contributed by atoms with Crippen molar-refractivity contribution >= 4 is 29.0 Å². The van der Waals surface area contributed by atoms with Crippen molar-refractivity contribution in [2.75, 3.05) is 18.6 Å². The molecule has 33 heavy (non-hydrogen) atoms. The summed E-state index contributed by atoms with van der Waals surface area (Å²) < 4.78 is 60.9. The maximum atomic E-state index is 14.6. The molecule has 0 fully saturated rings. The van der Waals surface area contributed by atoms with Crippen LogP contribution in [-0.2, 0) is 9.53 Å². The number of nitrogens with one attached hydrogen (secondary N) is 1. The zero-order valence-corrected chi connectivity index (χ0v) is 18.1. The van der Waals surface area contributed by atoms with Crippen LogP contribution in [0.2, 0.25) is 5.02 Å². The first kappa shape index (κ1) is 22.8. The average molecular weight is 481 g/mol. The Bertz CT molecular complexity index is 1190. The van der Waals surface area contributed by atoms with Gasteiger partial charge in [-0.2, -0.15) is 0 Å². The van der Waals surface area contributed by atoms with Crippen LogP contribution in [0.25, 0.3) is 0 Å². The molecule has 0 saturated heterocycles. The van der Waals surface area contributed by atoms with Crippen molar-refractivity contribution in [3.8, 4) is 0 Å². The minimum atomic E-state index is -1.61. The number of ether oxygens (including phenoxy) is 1. The van der Waals surface area contributed by atoms with Crippen molar-refractivity contribution in [3.63, 3.8) is 0 Å². The topological polar surface area (TPSA) is 57.2 Å². The number of hydrogen-bond acceptors (Lipinski definition) is 6. The minimum Gasteiger partial charge on any atom is -0.465 e. The number of fused-ring (bicyclic) bond motifs is 1. The fourth-order valence-electron chi connectivity index (χ4n) is 3.45. The molecule has 2 aliphatic rings. The van der Waals surface area contributed by atoms with Crippen LogP contribution < -0.4 is 10.3 Å². The number of benzene rings is 2. The number of rotatable bonds is 5. The van der Waals surface area contributed by atoms with E-state index in [0.717, 1.165) is 12.1 Å². The zero-order valence-electron chi connectivity index (χ0n) is 17.4. The maximum absolute atomic E-state index is 14.6. The molecule has 0 spiro atoms. The number of para-hydroxylation sites is 1. The van der Waals surface area contributed by atoms with Gasteiger partial charge in [-0.1, -0.05) is 17.7 Å². The lowest BCUT2D eigenvalue weighted by molar-refractivity contribution is -0.144. The van der Waals surface area contributed by atoms with Gasteiger partial charge in [0, 0.05) is 18.7 Å². The predicted molar refractivity (Wildman–Crippen MR) is 114 cm³/mol. The lowest BCUT2D eigenvalue weighted by atomic mass is 10.1. The van der Waals surface area contributed by atoms with E-state index in [9.17, 15) is 22.4 Å². The minimum absolute atomic E-state index is 0.0175. The van der Waals surface area contributed by atoms with Gasteiger partial charge >= 0.3 is 5.97 Å². The van der Waals surface area contributed by atoms with Crippen molar-refractivity contribution in [2.45, 2.75) is 13.0 Å². The Morgan fingerprint density at radius 3 is 2.55 bits per heavy atom. The summed E-state index contributed by atoms with van der Waals surface area (Å²) in [5.41, 5.74) is 2.91. The lowest BCUT2D eigenvalue weighted by Gasteiger charge is -2.34. The molecule has 2 heterocycles. The van der Waals surface area contributed by atoms with Gasteiger partial charge in [-0.25, -0.2) is 37.8 Å². The average Bonchev–Trinajstić information content (AvgIpc) is 3.21. The highest BCUT2D eigenvalue weighted by molar-refractivity contribution is 6.33. The second-order valence-electron chi connectivity index (χ2n) is 7.10. The van der Waals surface area contributed by atoms with Gasteiger partial charge in [-0.05, 0) is 37.3 Å². The summed E-state index contributed by atoms with van der Waals surface area (Å²) in [5, 5.41) is 1.50. The smallest absolute Gasteiger partial charge is 0.329 e. The molecule has 0 aliphatic carbocycles. The summed E-state index contributed by atoms with van der Waals surface area (Å²) in [6.45, 7) is 1.80. The Labute approximate surface area is 191 Å². The number of hydrogen-bond donors (Lipinski definition) is 1. The van der Waals surface area contributed by atoms with Gasteiger partial charge in [0.15, 0.2) is 17.5 Å². The fraction of sp³-hybridized carbons (Fsp3) is 0.182. The van der Waals surface area contributed by atoms with Gasteiger partial charge in [0.1, 0.15) is 23.5 Å². The first-order chi connectivity index (χ1) is 15.7. The second-order valence-corrected chi connectivity index (χ2v) is 7.51. The zero-order chi connectivity index (χ0) is 23.9. The number of aliphatic imine (C=N–C) groups is 1. The van der Waals surface area contributed by atoms with E-state index in [1.165, 1.54) is 47.3 Å². The Balaban J connectivity index is 1.83. The van der Waals surface area contributed by atoms with Crippen LogP contribution in [0.1, 0.15) is 12.5 Å². The van der Waals surface area contributed by atoms with Gasteiger partial charge in [0.25, 0.3) is 0 Å². The summed E-state index contributed by atoms with van der Waals surface area (Å²) >= 11 is 6.21. The molecule has 172 valence electrons. The van der Waals surface area contributed by atoms with Gasteiger partial charge in [-0.3, -0.25) is 0 Å². The Hall–Kier alpha value is -3.37. The van der Waals surface area contributed by atoms with E-state index in [2.05, 4.69) is 10.4 Å². The standard InChI is InChI=1S/C22H17ClF4N4O2/c1-3-33-22(32)17-9-18-28-16(11-7-14(25)20(27)15(26)8-11)10-19(31(18)29-17)30(2)21-12(23)5-4-6-13(21)24/h4-10,17,29H,3H2,1-2H3. The van der Waals surface area contributed by atoms with Crippen molar-refractivity contribution in [1.82, 2.24) is 10.4 Å². The molecule has 1 atom stereocenters. The molecule has 0 amide bonds. The third kappa shape index (κ3) is 4.19. The normalized spacial score (nSPS) is 17.2. The Morgan fingerprint density at radius 1 is 1.21 bits per heavy atom. The second kappa shape index (κ2) is 8.87. The molecular weight excluding hydrogens is 464 g/mol. The number of carbonyl (C=O) groups excluding carboxylic acids is 1. The number of nitrogens with zero attached hydrogens (tertiary/aromatic N) is 3. The molecule has 2 aromatic rings.